The van der Waals surface area contributed by atoms with Gasteiger partial charge in [-0.15, -0.1) is 0 Å². The van der Waals surface area contributed by atoms with Gasteiger partial charge in [-0.3, -0.25) is 0 Å². The summed E-state index contributed by atoms with van der Waals surface area (Å²) in [6.07, 6.45) is 0.603. The lowest BCUT2D eigenvalue weighted by Crippen LogP contribution is -2.40. The lowest BCUT2D eigenvalue weighted by molar-refractivity contribution is 0.505. The summed E-state index contributed by atoms with van der Waals surface area (Å²) in [6.45, 7) is 0.247. The van der Waals surface area contributed by atoms with Gasteiger partial charge in [0.15, 0.2) is 0 Å². The number of nitrogens with two attached hydrogens (primary N) is 1. The van der Waals surface area contributed by atoms with Gasteiger partial charge in [-0.2, -0.15) is 0 Å². The van der Waals surface area contributed by atoms with Crippen LogP contribution in [0.3, 0.4) is 0 Å². The van der Waals surface area contributed by atoms with Gasteiger partial charge >= 0.3 is 0 Å². The molecule has 2 rings (SSSR count). The van der Waals surface area contributed by atoms with Gasteiger partial charge in [0.05, 0.1) is 16.4 Å². The minimum absolute atomic E-state index is 0.0181. The zero-order valence-electron chi connectivity index (χ0n) is 11.2. The average Bonchev–Trinajstić information content (AvgIpc) is 2.41. The molecule has 0 radical (unpaired) electrons. The minimum Gasteiger partial charge on any atom is -0.326 e. The molecule has 9 heteroatoms. The summed E-state index contributed by atoms with van der Waals surface area (Å²) in [6, 6.07) is 4.55. The van der Waals surface area contributed by atoms with E-state index in [0.29, 0.717) is 22.9 Å². The van der Waals surface area contributed by atoms with E-state index in [1.54, 1.807) is 12.1 Å². The van der Waals surface area contributed by atoms with Crippen LogP contribution < -0.4 is 10.5 Å². The molecular weight excluding hydrogens is 380 g/mol. The Balaban J connectivity index is 2.19. The van der Waals surface area contributed by atoms with Gasteiger partial charge in [-0.25, -0.2) is 21.6 Å². The van der Waals surface area contributed by atoms with Crippen molar-refractivity contribution >= 4 is 35.8 Å². The van der Waals surface area contributed by atoms with Crippen molar-refractivity contribution in [2.24, 2.45) is 5.73 Å². The Morgan fingerprint density at radius 2 is 1.90 bits per heavy atom. The molecule has 6 nitrogen and oxygen atoms in total. The van der Waals surface area contributed by atoms with Gasteiger partial charge in [-0.05, 0) is 46.5 Å². The number of hydrogen-bond acceptors (Lipinski definition) is 5. The molecule has 0 spiro atoms. The highest BCUT2D eigenvalue weighted by Crippen LogP contribution is 2.24. The van der Waals surface area contributed by atoms with Crippen molar-refractivity contribution in [1.82, 2.24) is 4.72 Å². The number of sulfonamides is 1. The maximum atomic E-state index is 12.4. The maximum absolute atomic E-state index is 12.4. The van der Waals surface area contributed by atoms with Crippen molar-refractivity contribution in [2.75, 3.05) is 11.5 Å². The van der Waals surface area contributed by atoms with E-state index in [4.69, 9.17) is 5.73 Å². The van der Waals surface area contributed by atoms with E-state index >= 15 is 0 Å². The zero-order valence-corrected chi connectivity index (χ0v) is 14.5. The van der Waals surface area contributed by atoms with Crippen LogP contribution in [0.4, 0.5) is 0 Å². The first-order chi connectivity index (χ1) is 9.73. The maximum Gasteiger partial charge on any atom is 0.241 e. The quantitative estimate of drug-likeness (QED) is 0.781. The number of benzene rings is 1. The molecule has 0 aliphatic carbocycles. The van der Waals surface area contributed by atoms with E-state index in [1.165, 1.54) is 6.07 Å². The van der Waals surface area contributed by atoms with Crippen LogP contribution in [-0.2, 0) is 26.4 Å². The van der Waals surface area contributed by atoms with Gasteiger partial charge in [-0.1, -0.05) is 6.07 Å². The molecule has 0 saturated carbocycles. The summed E-state index contributed by atoms with van der Waals surface area (Å²) in [5.74, 6) is 0.0361. The number of rotatable bonds is 4. The summed E-state index contributed by atoms with van der Waals surface area (Å²) < 4.78 is 50.6. The minimum atomic E-state index is -3.71. The van der Waals surface area contributed by atoms with Gasteiger partial charge in [0.25, 0.3) is 0 Å². The molecule has 0 bridgehead atoms. The van der Waals surface area contributed by atoms with Crippen LogP contribution in [0, 0.1) is 0 Å². The fourth-order valence-corrected chi connectivity index (χ4v) is 5.98. The number of sulfone groups is 1. The summed E-state index contributed by atoms with van der Waals surface area (Å²) in [4.78, 5) is 0.124. The van der Waals surface area contributed by atoms with E-state index in [2.05, 4.69) is 20.7 Å². The fraction of sp³-hybridized carbons (Fsp3) is 0.500. The third kappa shape index (κ3) is 4.26. The molecule has 1 aromatic rings. The second-order valence-electron chi connectivity index (χ2n) is 5.02. The van der Waals surface area contributed by atoms with E-state index in [-0.39, 0.29) is 29.0 Å². The van der Waals surface area contributed by atoms with Gasteiger partial charge in [0.2, 0.25) is 10.0 Å². The molecule has 118 valence electrons. The SMILES string of the molecule is NCc1ccc(Br)c(S(=O)(=O)NC2CCS(=O)(=O)CC2)c1. The van der Waals surface area contributed by atoms with Crippen LogP contribution in [-0.4, -0.2) is 34.4 Å². The molecule has 1 aromatic carbocycles. The molecule has 0 aromatic heterocycles. The normalized spacial score (nSPS) is 19.5. The highest BCUT2D eigenvalue weighted by Gasteiger charge is 2.28. The molecule has 1 heterocycles. The van der Waals surface area contributed by atoms with Crippen LogP contribution in [0.25, 0.3) is 0 Å². The Morgan fingerprint density at radius 3 is 2.48 bits per heavy atom. The van der Waals surface area contributed by atoms with E-state index < -0.39 is 19.9 Å². The molecule has 0 atom stereocenters. The van der Waals surface area contributed by atoms with Gasteiger partial charge in [0, 0.05) is 17.1 Å². The molecule has 1 saturated heterocycles. The van der Waals surface area contributed by atoms with Crippen molar-refractivity contribution in [2.45, 2.75) is 30.3 Å². The Labute approximate surface area is 133 Å². The lowest BCUT2D eigenvalue weighted by atomic mass is 10.2. The van der Waals surface area contributed by atoms with Crippen LogP contribution in [0.15, 0.2) is 27.6 Å². The second kappa shape index (κ2) is 6.33. The second-order valence-corrected chi connectivity index (χ2v) is 9.86. The predicted molar refractivity (Wildman–Crippen MR) is 84.0 cm³/mol. The predicted octanol–water partition coefficient (Wildman–Crippen LogP) is 0.763. The Kier molecular flexibility index (Phi) is 5.09. The van der Waals surface area contributed by atoms with Gasteiger partial charge < -0.3 is 5.73 Å². The summed E-state index contributed by atoms with van der Waals surface area (Å²) in [5, 5.41) is 0. The lowest BCUT2D eigenvalue weighted by Gasteiger charge is -2.23. The van der Waals surface area contributed by atoms with Crippen molar-refractivity contribution in [3.05, 3.63) is 28.2 Å². The molecule has 1 aliphatic rings. The highest BCUT2D eigenvalue weighted by molar-refractivity contribution is 9.10. The zero-order chi connectivity index (χ0) is 15.7. The first-order valence-corrected chi connectivity index (χ1v) is 10.5. The smallest absolute Gasteiger partial charge is 0.241 e. The number of nitrogens with one attached hydrogen (secondary N) is 1. The average molecular weight is 397 g/mol. The van der Waals surface area contributed by atoms with Crippen molar-refractivity contribution in [3.8, 4) is 0 Å². The molecule has 0 amide bonds. The van der Waals surface area contributed by atoms with Gasteiger partial charge in [0.1, 0.15) is 9.84 Å². The van der Waals surface area contributed by atoms with Crippen molar-refractivity contribution in [1.29, 1.82) is 0 Å². The summed E-state index contributed by atoms with van der Waals surface area (Å²) in [7, 11) is -6.72. The highest BCUT2D eigenvalue weighted by atomic mass is 79.9. The third-order valence-electron chi connectivity index (χ3n) is 3.40. The molecule has 3 N–H and O–H groups in total. The van der Waals surface area contributed by atoms with E-state index in [1.807, 2.05) is 0 Å². The van der Waals surface area contributed by atoms with E-state index in [9.17, 15) is 16.8 Å². The molecule has 1 fully saturated rings. The number of halogens is 1. The third-order valence-corrected chi connectivity index (χ3v) is 7.63. The van der Waals surface area contributed by atoms with Crippen molar-refractivity contribution < 1.29 is 16.8 Å². The topological polar surface area (TPSA) is 106 Å². The number of hydrogen-bond donors (Lipinski definition) is 2. The Hall–Kier alpha value is -0.480. The van der Waals surface area contributed by atoms with Crippen LogP contribution in [0.1, 0.15) is 18.4 Å². The summed E-state index contributed by atoms with van der Waals surface area (Å²) >= 11 is 3.22. The first-order valence-electron chi connectivity index (χ1n) is 6.45. The molecular formula is C12H17BrN2O4S2. The van der Waals surface area contributed by atoms with E-state index in [0.717, 1.165) is 0 Å². The summed E-state index contributed by atoms with van der Waals surface area (Å²) in [5.41, 5.74) is 6.24. The molecule has 0 unspecified atom stereocenters. The van der Waals surface area contributed by atoms with Crippen LogP contribution >= 0.6 is 15.9 Å². The Bertz CT molecular complexity index is 718. The standard InChI is InChI=1S/C12H17BrN2O4S2/c13-11-2-1-9(8-14)7-12(11)21(18,19)15-10-3-5-20(16,17)6-4-10/h1-2,7,10,15H,3-6,8,14H2. The fourth-order valence-electron chi connectivity index (χ4n) is 2.17. The van der Waals surface area contributed by atoms with Crippen LogP contribution in [0.2, 0.25) is 0 Å². The van der Waals surface area contributed by atoms with Crippen LogP contribution in [0.5, 0.6) is 0 Å². The molecule has 21 heavy (non-hydrogen) atoms. The first kappa shape index (κ1) is 16.9. The largest absolute Gasteiger partial charge is 0.326 e. The monoisotopic (exact) mass is 396 g/mol. The van der Waals surface area contributed by atoms with Crippen molar-refractivity contribution in [3.63, 3.8) is 0 Å². The molecule has 1 aliphatic heterocycles. The Morgan fingerprint density at radius 1 is 1.29 bits per heavy atom.